The Hall–Kier alpha value is -3.27. The SMILES string of the molecule is COc1cc([N+](=O)[O-])ccc1NC(=O)[C@H](C)N1CCN(c2ncccn2)CC1. The van der Waals surface area contributed by atoms with Crippen LogP contribution in [0.15, 0.2) is 36.7 Å². The minimum atomic E-state index is -0.507. The molecular formula is C18H22N6O4. The van der Waals surface area contributed by atoms with Gasteiger partial charge in [0.05, 0.1) is 29.8 Å². The summed E-state index contributed by atoms with van der Waals surface area (Å²) in [6, 6.07) is 5.52. The molecule has 1 aromatic heterocycles. The van der Waals surface area contributed by atoms with Gasteiger partial charge in [-0.3, -0.25) is 19.8 Å². The van der Waals surface area contributed by atoms with Gasteiger partial charge in [0.15, 0.2) is 0 Å². The second-order valence-corrected chi connectivity index (χ2v) is 6.38. The molecule has 0 saturated carbocycles. The lowest BCUT2D eigenvalue weighted by Crippen LogP contribution is -2.53. The second kappa shape index (κ2) is 8.61. The molecule has 0 unspecified atom stereocenters. The second-order valence-electron chi connectivity index (χ2n) is 6.38. The van der Waals surface area contributed by atoms with Crippen LogP contribution in [0.3, 0.4) is 0 Å². The molecule has 1 aliphatic heterocycles. The van der Waals surface area contributed by atoms with E-state index >= 15 is 0 Å². The van der Waals surface area contributed by atoms with E-state index in [-0.39, 0.29) is 23.4 Å². The number of non-ortho nitro benzene ring substituents is 1. The Balaban J connectivity index is 1.60. The van der Waals surface area contributed by atoms with E-state index in [1.807, 2.05) is 6.92 Å². The van der Waals surface area contributed by atoms with E-state index in [1.165, 1.54) is 25.3 Å². The molecule has 148 valence electrons. The van der Waals surface area contributed by atoms with Crippen molar-refractivity contribution in [1.29, 1.82) is 0 Å². The van der Waals surface area contributed by atoms with E-state index in [0.717, 1.165) is 13.1 Å². The number of methoxy groups -OCH3 is 1. The highest BCUT2D eigenvalue weighted by Gasteiger charge is 2.27. The maximum Gasteiger partial charge on any atom is 0.273 e. The Bertz CT molecular complexity index is 839. The summed E-state index contributed by atoms with van der Waals surface area (Å²) in [7, 11) is 1.41. The number of nitrogens with zero attached hydrogens (tertiary/aromatic N) is 5. The van der Waals surface area contributed by atoms with Crippen molar-refractivity contribution in [3.63, 3.8) is 0 Å². The number of nitro benzene ring substituents is 1. The van der Waals surface area contributed by atoms with Gasteiger partial charge in [-0.05, 0) is 19.1 Å². The highest BCUT2D eigenvalue weighted by molar-refractivity contribution is 5.96. The topological polar surface area (TPSA) is 114 Å². The van der Waals surface area contributed by atoms with Gasteiger partial charge >= 0.3 is 0 Å². The zero-order valence-electron chi connectivity index (χ0n) is 15.7. The number of hydrogen-bond donors (Lipinski definition) is 1. The smallest absolute Gasteiger partial charge is 0.273 e. The average molecular weight is 386 g/mol. The maximum absolute atomic E-state index is 12.7. The van der Waals surface area contributed by atoms with E-state index in [9.17, 15) is 14.9 Å². The van der Waals surface area contributed by atoms with Gasteiger partial charge in [-0.2, -0.15) is 0 Å². The minimum absolute atomic E-state index is 0.0952. The predicted molar refractivity (Wildman–Crippen MR) is 104 cm³/mol. The Morgan fingerprint density at radius 2 is 1.93 bits per heavy atom. The van der Waals surface area contributed by atoms with Crippen LogP contribution >= 0.6 is 0 Å². The lowest BCUT2D eigenvalue weighted by atomic mass is 10.2. The molecule has 0 spiro atoms. The monoisotopic (exact) mass is 386 g/mol. The Morgan fingerprint density at radius 1 is 1.25 bits per heavy atom. The van der Waals surface area contributed by atoms with Gasteiger partial charge in [0.2, 0.25) is 11.9 Å². The van der Waals surface area contributed by atoms with E-state index in [1.54, 1.807) is 18.5 Å². The highest BCUT2D eigenvalue weighted by atomic mass is 16.6. The van der Waals surface area contributed by atoms with Gasteiger partial charge < -0.3 is 15.0 Å². The first-order valence-electron chi connectivity index (χ1n) is 8.89. The summed E-state index contributed by atoms with van der Waals surface area (Å²) in [6.45, 7) is 4.68. The van der Waals surface area contributed by atoms with Crippen molar-refractivity contribution in [2.45, 2.75) is 13.0 Å². The summed E-state index contributed by atoms with van der Waals surface area (Å²) >= 11 is 0. The molecule has 1 aliphatic rings. The molecule has 1 amide bonds. The molecule has 0 aliphatic carbocycles. The number of anilines is 2. The third-order valence-corrected chi connectivity index (χ3v) is 4.73. The fourth-order valence-electron chi connectivity index (χ4n) is 3.06. The fraction of sp³-hybridized carbons (Fsp3) is 0.389. The van der Waals surface area contributed by atoms with Crippen molar-refractivity contribution in [3.05, 3.63) is 46.8 Å². The molecule has 0 radical (unpaired) electrons. The van der Waals surface area contributed by atoms with Crippen LogP contribution in [0.25, 0.3) is 0 Å². The lowest BCUT2D eigenvalue weighted by molar-refractivity contribution is -0.384. The van der Waals surface area contributed by atoms with Crippen LogP contribution in [0.1, 0.15) is 6.92 Å². The largest absolute Gasteiger partial charge is 0.494 e. The average Bonchev–Trinajstić information content (AvgIpc) is 2.74. The van der Waals surface area contributed by atoms with Crippen LogP contribution in [0.2, 0.25) is 0 Å². The number of hydrogen-bond acceptors (Lipinski definition) is 8. The first kappa shape index (κ1) is 19.5. The Morgan fingerprint density at radius 3 is 2.54 bits per heavy atom. The number of aromatic nitrogens is 2. The molecule has 10 heteroatoms. The van der Waals surface area contributed by atoms with Crippen LogP contribution in [0, 0.1) is 10.1 Å². The molecule has 3 rings (SSSR count). The Kier molecular flexibility index (Phi) is 5.99. The van der Waals surface area contributed by atoms with Gasteiger partial charge in [-0.25, -0.2) is 9.97 Å². The lowest BCUT2D eigenvalue weighted by Gasteiger charge is -2.37. The van der Waals surface area contributed by atoms with Crippen LogP contribution in [-0.4, -0.2) is 65.0 Å². The number of carbonyl (C=O) groups excluding carboxylic acids is 1. The molecule has 1 fully saturated rings. The van der Waals surface area contributed by atoms with Crippen molar-refractivity contribution >= 4 is 23.2 Å². The van der Waals surface area contributed by atoms with Gasteiger partial charge in [-0.15, -0.1) is 0 Å². The van der Waals surface area contributed by atoms with Crippen molar-refractivity contribution < 1.29 is 14.5 Å². The first-order chi connectivity index (χ1) is 13.5. The van der Waals surface area contributed by atoms with Crippen molar-refractivity contribution in [2.24, 2.45) is 0 Å². The standard InChI is InChI=1S/C18H22N6O4/c1-13(22-8-10-23(11-9-22)18-19-6-3-7-20-18)17(25)21-15-5-4-14(24(26)27)12-16(15)28-2/h3-7,12-13H,8-11H2,1-2H3,(H,21,25)/t13-/m0/s1. The number of amides is 1. The zero-order valence-corrected chi connectivity index (χ0v) is 15.7. The number of ether oxygens (including phenoxy) is 1. The fourth-order valence-corrected chi connectivity index (χ4v) is 3.06. The van der Waals surface area contributed by atoms with E-state index in [0.29, 0.717) is 24.7 Å². The number of piperazine rings is 1. The summed E-state index contributed by atoms with van der Waals surface area (Å²) in [5.74, 6) is 0.743. The molecule has 2 aromatic rings. The minimum Gasteiger partial charge on any atom is -0.494 e. The highest BCUT2D eigenvalue weighted by Crippen LogP contribution is 2.29. The molecule has 2 heterocycles. The third kappa shape index (κ3) is 4.34. The molecule has 10 nitrogen and oxygen atoms in total. The van der Waals surface area contributed by atoms with Gasteiger partial charge in [0, 0.05) is 44.6 Å². The summed E-state index contributed by atoms with van der Waals surface area (Å²) in [4.78, 5) is 35.7. The molecule has 0 bridgehead atoms. The zero-order chi connectivity index (χ0) is 20.1. The normalized spacial score (nSPS) is 15.7. The van der Waals surface area contributed by atoms with Gasteiger partial charge in [-0.1, -0.05) is 0 Å². The molecule has 1 atom stereocenters. The first-order valence-corrected chi connectivity index (χ1v) is 8.89. The van der Waals surface area contributed by atoms with Crippen molar-refractivity contribution in [2.75, 3.05) is 43.5 Å². The van der Waals surface area contributed by atoms with E-state index in [4.69, 9.17) is 4.74 Å². The number of benzene rings is 1. The quantitative estimate of drug-likeness (QED) is 0.587. The number of nitro groups is 1. The number of rotatable bonds is 6. The predicted octanol–water partition coefficient (Wildman–Crippen LogP) is 1.54. The summed E-state index contributed by atoms with van der Waals surface area (Å²) in [5.41, 5.74) is 0.309. The van der Waals surface area contributed by atoms with E-state index in [2.05, 4.69) is 25.1 Å². The molecule has 1 N–H and O–H groups in total. The van der Waals surface area contributed by atoms with Crippen LogP contribution in [-0.2, 0) is 4.79 Å². The van der Waals surface area contributed by atoms with Crippen LogP contribution < -0.4 is 15.0 Å². The van der Waals surface area contributed by atoms with Crippen LogP contribution in [0.4, 0.5) is 17.3 Å². The number of nitrogens with one attached hydrogen (secondary N) is 1. The van der Waals surface area contributed by atoms with Crippen molar-refractivity contribution in [1.82, 2.24) is 14.9 Å². The van der Waals surface area contributed by atoms with Gasteiger partial charge in [0.1, 0.15) is 5.75 Å². The van der Waals surface area contributed by atoms with Gasteiger partial charge in [0.25, 0.3) is 5.69 Å². The summed E-state index contributed by atoms with van der Waals surface area (Å²) in [5, 5.41) is 13.7. The number of carbonyl (C=O) groups is 1. The van der Waals surface area contributed by atoms with Crippen molar-refractivity contribution in [3.8, 4) is 5.75 Å². The van der Waals surface area contributed by atoms with E-state index < -0.39 is 4.92 Å². The van der Waals surface area contributed by atoms with Crippen LogP contribution in [0.5, 0.6) is 5.75 Å². The molecule has 1 saturated heterocycles. The summed E-state index contributed by atoms with van der Waals surface area (Å²) < 4.78 is 5.17. The third-order valence-electron chi connectivity index (χ3n) is 4.73. The Labute approximate surface area is 162 Å². The molecular weight excluding hydrogens is 364 g/mol. The molecule has 1 aromatic carbocycles. The maximum atomic E-state index is 12.7. The summed E-state index contributed by atoms with van der Waals surface area (Å²) in [6.07, 6.45) is 3.42. The molecule has 28 heavy (non-hydrogen) atoms.